The van der Waals surface area contributed by atoms with Crippen LogP contribution in [0.15, 0.2) is 47.4 Å². The first kappa shape index (κ1) is 24.0. The molecule has 1 saturated heterocycles. The second-order valence-corrected chi connectivity index (χ2v) is 9.60. The number of carbonyl (C=O) groups is 2. The summed E-state index contributed by atoms with van der Waals surface area (Å²) < 4.78 is 37.2. The molecule has 8 nitrogen and oxygen atoms in total. The molecule has 0 unspecified atom stereocenters. The Morgan fingerprint density at radius 1 is 1.12 bits per heavy atom. The van der Waals surface area contributed by atoms with Gasteiger partial charge in [0.25, 0.3) is 0 Å². The lowest BCUT2D eigenvalue weighted by molar-refractivity contribution is -0.120. The summed E-state index contributed by atoms with van der Waals surface area (Å²) in [5.41, 5.74) is 0.599. The van der Waals surface area contributed by atoms with E-state index in [0.717, 1.165) is 0 Å². The highest BCUT2D eigenvalue weighted by Gasteiger charge is 2.32. The minimum absolute atomic E-state index is 0.173. The van der Waals surface area contributed by atoms with Crippen LogP contribution >= 0.6 is 11.6 Å². The number of hydrogen-bond acceptors (Lipinski definition) is 6. The van der Waals surface area contributed by atoms with Gasteiger partial charge in [-0.3, -0.25) is 4.79 Å². The summed E-state index contributed by atoms with van der Waals surface area (Å²) in [6, 6.07) is 10.8. The molecule has 2 aromatic rings. The maximum Gasteiger partial charge on any atom is 0.339 e. The molecule has 0 spiro atoms. The Hall–Kier alpha value is -2.62. The van der Waals surface area contributed by atoms with Gasteiger partial charge in [-0.05, 0) is 62.2 Å². The lowest BCUT2D eigenvalue weighted by Crippen LogP contribution is -2.41. The van der Waals surface area contributed by atoms with Gasteiger partial charge in [0.1, 0.15) is 5.75 Å². The van der Waals surface area contributed by atoms with Crippen molar-refractivity contribution in [1.29, 1.82) is 0 Å². The number of rotatable bonds is 7. The first-order valence-corrected chi connectivity index (χ1v) is 12.0. The van der Waals surface area contributed by atoms with E-state index in [-0.39, 0.29) is 47.0 Å². The van der Waals surface area contributed by atoms with Gasteiger partial charge in [-0.15, -0.1) is 0 Å². The molecule has 172 valence electrons. The summed E-state index contributed by atoms with van der Waals surface area (Å²) in [5, 5.41) is 3.02. The minimum Gasteiger partial charge on any atom is -0.497 e. The highest BCUT2D eigenvalue weighted by molar-refractivity contribution is 7.89. The summed E-state index contributed by atoms with van der Waals surface area (Å²) in [4.78, 5) is 24.9. The average Bonchev–Trinajstić information content (AvgIpc) is 2.80. The van der Waals surface area contributed by atoms with Crippen molar-refractivity contribution >= 4 is 39.2 Å². The van der Waals surface area contributed by atoms with E-state index < -0.39 is 16.0 Å². The van der Waals surface area contributed by atoms with Crippen molar-refractivity contribution in [3.63, 3.8) is 0 Å². The van der Waals surface area contributed by atoms with Crippen molar-refractivity contribution in [3.05, 3.63) is 53.1 Å². The van der Waals surface area contributed by atoms with Gasteiger partial charge in [0.15, 0.2) is 0 Å². The molecule has 10 heteroatoms. The Labute approximate surface area is 192 Å². The normalized spacial score (nSPS) is 15.2. The molecule has 1 aliphatic heterocycles. The van der Waals surface area contributed by atoms with E-state index in [9.17, 15) is 18.0 Å². The van der Waals surface area contributed by atoms with Gasteiger partial charge in [-0.25, -0.2) is 13.2 Å². The van der Waals surface area contributed by atoms with Crippen LogP contribution in [0, 0.1) is 5.92 Å². The van der Waals surface area contributed by atoms with Crippen LogP contribution in [0.5, 0.6) is 5.75 Å². The van der Waals surface area contributed by atoms with Crippen LogP contribution in [-0.2, 0) is 19.6 Å². The number of carbonyl (C=O) groups excluding carboxylic acids is 2. The number of hydrogen-bond donors (Lipinski definition) is 1. The van der Waals surface area contributed by atoms with Crippen LogP contribution in [0.3, 0.4) is 0 Å². The topological polar surface area (TPSA) is 102 Å². The minimum atomic E-state index is -3.64. The Kier molecular flexibility index (Phi) is 7.76. The number of nitrogens with zero attached hydrogens (tertiary/aromatic N) is 1. The molecule has 2 aromatic carbocycles. The van der Waals surface area contributed by atoms with Gasteiger partial charge < -0.3 is 14.8 Å². The summed E-state index contributed by atoms with van der Waals surface area (Å²) in [7, 11) is -2.13. The Balaban J connectivity index is 1.62. The molecule has 0 bridgehead atoms. The number of halogens is 1. The summed E-state index contributed by atoms with van der Waals surface area (Å²) in [5.74, 6) is -0.569. The second kappa shape index (κ2) is 10.3. The third-order valence-corrected chi connectivity index (χ3v) is 7.49. The Morgan fingerprint density at radius 2 is 1.78 bits per heavy atom. The molecule has 1 N–H and O–H groups in total. The van der Waals surface area contributed by atoms with Gasteiger partial charge in [0.05, 0.1) is 29.2 Å². The maximum absolute atomic E-state index is 12.9. The van der Waals surface area contributed by atoms with Gasteiger partial charge in [-0.1, -0.05) is 11.6 Å². The molecule has 1 aliphatic rings. The largest absolute Gasteiger partial charge is 0.497 e. The smallest absolute Gasteiger partial charge is 0.339 e. The van der Waals surface area contributed by atoms with Crippen LogP contribution in [0.25, 0.3) is 0 Å². The van der Waals surface area contributed by atoms with E-state index in [4.69, 9.17) is 21.1 Å². The molecule has 0 aromatic heterocycles. The lowest BCUT2D eigenvalue weighted by atomic mass is 9.97. The molecular formula is C22H25ClN2O6S. The molecule has 1 amide bonds. The molecule has 3 rings (SSSR count). The van der Waals surface area contributed by atoms with Crippen molar-refractivity contribution < 1.29 is 27.5 Å². The Morgan fingerprint density at radius 3 is 2.38 bits per heavy atom. The van der Waals surface area contributed by atoms with Gasteiger partial charge in [0.2, 0.25) is 15.9 Å². The molecule has 1 heterocycles. The molecule has 0 atom stereocenters. The summed E-state index contributed by atoms with van der Waals surface area (Å²) >= 11 is 6.06. The molecule has 0 aliphatic carbocycles. The molecule has 1 fully saturated rings. The third-order valence-electron chi connectivity index (χ3n) is 5.25. The second-order valence-electron chi connectivity index (χ2n) is 7.26. The predicted octanol–water partition coefficient (Wildman–Crippen LogP) is 3.56. The van der Waals surface area contributed by atoms with E-state index >= 15 is 0 Å². The van der Waals surface area contributed by atoms with Crippen LogP contribution in [0.4, 0.5) is 5.69 Å². The zero-order valence-electron chi connectivity index (χ0n) is 17.8. The van der Waals surface area contributed by atoms with E-state index in [1.54, 1.807) is 25.1 Å². The highest BCUT2D eigenvalue weighted by Crippen LogP contribution is 2.27. The average molecular weight is 481 g/mol. The van der Waals surface area contributed by atoms with Gasteiger partial charge in [0, 0.05) is 24.7 Å². The van der Waals surface area contributed by atoms with Gasteiger partial charge in [-0.2, -0.15) is 4.31 Å². The van der Waals surface area contributed by atoms with Crippen molar-refractivity contribution in [2.45, 2.75) is 24.7 Å². The van der Waals surface area contributed by atoms with Crippen LogP contribution in [0.2, 0.25) is 5.02 Å². The summed E-state index contributed by atoms with van der Waals surface area (Å²) in [6.07, 6.45) is 0.777. The fraction of sp³-hybridized carbons (Fsp3) is 0.364. The van der Waals surface area contributed by atoms with Crippen molar-refractivity contribution in [1.82, 2.24) is 4.31 Å². The summed E-state index contributed by atoms with van der Waals surface area (Å²) in [6.45, 7) is 2.38. The highest BCUT2D eigenvalue weighted by atomic mass is 35.5. The first-order valence-electron chi connectivity index (χ1n) is 10.2. The third kappa shape index (κ3) is 5.40. The number of nitrogens with one attached hydrogen (secondary N) is 1. The number of anilines is 1. The number of esters is 1. The Bertz CT molecular complexity index is 1080. The predicted molar refractivity (Wildman–Crippen MR) is 121 cm³/mol. The zero-order chi connectivity index (χ0) is 23.3. The number of sulfonamides is 1. The molecule has 0 saturated carbocycles. The van der Waals surface area contributed by atoms with Crippen LogP contribution in [0.1, 0.15) is 30.1 Å². The quantitative estimate of drug-likeness (QED) is 0.608. The standard InChI is InChI=1S/C22H25ClN2O6S/c1-3-31-22(27)19-14-16(4-9-20(19)23)24-21(26)15-10-12-25(13-11-15)32(28,29)18-7-5-17(30-2)6-8-18/h4-9,14-15H,3,10-13H2,1-2H3,(H,24,26). The first-order chi connectivity index (χ1) is 15.3. The number of piperidine rings is 1. The van der Waals surface area contributed by atoms with Crippen molar-refractivity contribution in [3.8, 4) is 5.75 Å². The molecule has 0 radical (unpaired) electrons. The number of methoxy groups -OCH3 is 1. The van der Waals surface area contributed by atoms with Crippen LogP contribution in [-0.4, -0.2) is 51.4 Å². The van der Waals surface area contributed by atoms with Crippen molar-refractivity contribution in [2.24, 2.45) is 5.92 Å². The lowest BCUT2D eigenvalue weighted by Gasteiger charge is -2.30. The van der Waals surface area contributed by atoms with E-state index in [1.165, 1.54) is 35.7 Å². The number of benzene rings is 2. The van der Waals surface area contributed by atoms with E-state index in [0.29, 0.717) is 24.3 Å². The SMILES string of the molecule is CCOC(=O)c1cc(NC(=O)C2CCN(S(=O)(=O)c3ccc(OC)cc3)CC2)ccc1Cl. The monoisotopic (exact) mass is 480 g/mol. The molecule has 32 heavy (non-hydrogen) atoms. The fourth-order valence-corrected chi connectivity index (χ4v) is 5.13. The molecular weight excluding hydrogens is 456 g/mol. The van der Waals surface area contributed by atoms with E-state index in [2.05, 4.69) is 5.32 Å². The van der Waals surface area contributed by atoms with Crippen LogP contribution < -0.4 is 10.1 Å². The zero-order valence-corrected chi connectivity index (χ0v) is 19.4. The number of amides is 1. The maximum atomic E-state index is 12.9. The van der Waals surface area contributed by atoms with Gasteiger partial charge >= 0.3 is 5.97 Å². The fourth-order valence-electron chi connectivity index (χ4n) is 3.47. The van der Waals surface area contributed by atoms with Crippen molar-refractivity contribution in [2.75, 3.05) is 32.1 Å². The van der Waals surface area contributed by atoms with E-state index in [1.807, 2.05) is 0 Å². The number of ether oxygens (including phenoxy) is 2.